The molecule has 40 heavy (non-hydrogen) atoms. The van der Waals surface area contributed by atoms with Crippen LogP contribution in [-0.2, 0) is 14.3 Å². The molecule has 6 rings (SSSR count). The van der Waals surface area contributed by atoms with Crippen LogP contribution < -0.4 is 17.0 Å². The number of imidazole rings is 1. The van der Waals surface area contributed by atoms with Gasteiger partial charge in [0.1, 0.15) is 30.6 Å². The first-order chi connectivity index (χ1) is 19.0. The topological polar surface area (TPSA) is 310 Å². The fourth-order valence-corrected chi connectivity index (χ4v) is 4.47. The summed E-state index contributed by atoms with van der Waals surface area (Å²) in [6.45, 7) is -0.833. The summed E-state index contributed by atoms with van der Waals surface area (Å²) < 4.78 is 12.2. The molecular weight excluding hydrogens is 540 g/mol. The zero-order valence-electron chi connectivity index (χ0n) is 20.3. The van der Waals surface area contributed by atoms with Gasteiger partial charge >= 0.3 is 11.9 Å². The molecule has 2 aromatic heterocycles. The first-order valence-electron chi connectivity index (χ1n) is 11.7. The molecule has 0 radical (unpaired) electrons. The molecule has 2 fully saturated rings. The molecule has 214 valence electrons. The molecule has 3 amide bonds. The van der Waals surface area contributed by atoms with Crippen LogP contribution in [0.3, 0.4) is 0 Å². The Balaban J connectivity index is 0.000000162. The Kier molecular flexibility index (Phi) is 7.14. The van der Waals surface area contributed by atoms with Crippen molar-refractivity contribution in [2.24, 2.45) is 20.7 Å². The molecule has 7 atom stereocenters. The highest BCUT2D eigenvalue weighted by atomic mass is 16.6. The highest BCUT2D eigenvalue weighted by molar-refractivity contribution is 6.72. The smallest absolute Gasteiger partial charge is 0.352 e. The number of H-pyrrole nitrogens is 1. The number of fused-ring (bicyclic) bond motifs is 2. The fraction of sp³-hybridized carbons (Fsp3) is 0.500. The molecule has 0 aliphatic carbocycles. The molecule has 20 heteroatoms. The number of ether oxygens (including phenoxy) is 2. The monoisotopic (exact) mass is 564 g/mol. The van der Waals surface area contributed by atoms with Crippen LogP contribution in [0.5, 0.6) is 0 Å². The van der Waals surface area contributed by atoms with E-state index in [1.807, 2.05) is 0 Å². The highest BCUT2D eigenvalue weighted by Crippen LogP contribution is 2.30. The number of nitrogen functional groups attached to an aromatic ring is 1. The van der Waals surface area contributed by atoms with Crippen molar-refractivity contribution < 1.29 is 44.6 Å². The first kappa shape index (κ1) is 27.4. The van der Waals surface area contributed by atoms with Crippen LogP contribution in [0.1, 0.15) is 12.6 Å². The summed E-state index contributed by atoms with van der Waals surface area (Å²) >= 11 is 0. The van der Waals surface area contributed by atoms with Gasteiger partial charge in [-0.25, -0.2) is 14.7 Å². The Bertz CT molecular complexity index is 1500. The van der Waals surface area contributed by atoms with Crippen molar-refractivity contribution in [3.05, 3.63) is 16.7 Å². The van der Waals surface area contributed by atoms with Crippen LogP contribution in [0.2, 0.25) is 0 Å². The number of aliphatic hydroxyl groups is 5. The van der Waals surface area contributed by atoms with Crippen molar-refractivity contribution in [3.63, 3.8) is 0 Å². The zero-order valence-corrected chi connectivity index (χ0v) is 20.3. The molecule has 0 saturated carbocycles. The maximum Gasteiger partial charge on any atom is 0.352 e. The third-order valence-electron chi connectivity index (χ3n) is 6.41. The van der Waals surface area contributed by atoms with Crippen LogP contribution in [0, 0.1) is 0 Å². The zero-order chi connectivity index (χ0) is 28.9. The summed E-state index contributed by atoms with van der Waals surface area (Å²) in [7, 11) is 0. The average molecular weight is 564 g/mol. The van der Waals surface area contributed by atoms with Gasteiger partial charge in [-0.3, -0.25) is 19.1 Å². The van der Waals surface area contributed by atoms with Crippen LogP contribution in [0.25, 0.3) is 11.2 Å². The van der Waals surface area contributed by atoms with Crippen LogP contribution in [0.4, 0.5) is 10.7 Å². The van der Waals surface area contributed by atoms with Gasteiger partial charge in [0.25, 0.3) is 5.56 Å². The number of nitrogens with two attached hydrogens (primary N) is 2. The van der Waals surface area contributed by atoms with E-state index in [0.717, 1.165) is 4.90 Å². The van der Waals surface area contributed by atoms with Gasteiger partial charge in [-0.15, -0.1) is 0 Å². The molecule has 10 N–H and O–H groups in total. The normalized spacial score (nSPS) is 31.6. The average Bonchev–Trinajstić information content (AvgIpc) is 3.64. The van der Waals surface area contributed by atoms with E-state index in [2.05, 4.69) is 29.9 Å². The van der Waals surface area contributed by atoms with Gasteiger partial charge in [-0.2, -0.15) is 20.0 Å². The maximum atomic E-state index is 11.9. The number of aliphatic hydroxyl groups excluding tert-OH is 5. The SMILES string of the molecule is NC1=NC(=O)C2=NC(=O)N([C@@H]3O[C@H](CO)[C@@H](O)[C@H]3O)C2=N1.Nc1nc2c(ncn2[C@H]2C[C@H](O)[C@@H](CO)O2)c(=O)[nH]1. The number of amides is 3. The van der Waals surface area contributed by atoms with E-state index in [1.54, 1.807) is 0 Å². The molecule has 2 saturated heterocycles. The van der Waals surface area contributed by atoms with Crippen molar-refractivity contribution in [3.8, 4) is 0 Å². The van der Waals surface area contributed by atoms with E-state index < -0.39 is 67.1 Å². The summed E-state index contributed by atoms with van der Waals surface area (Å²) in [6.07, 6.45) is -5.59. The third kappa shape index (κ3) is 4.62. The molecule has 0 spiro atoms. The number of hydrogen-bond donors (Lipinski definition) is 8. The lowest BCUT2D eigenvalue weighted by atomic mass is 10.1. The van der Waals surface area contributed by atoms with E-state index in [9.17, 15) is 29.7 Å². The summed E-state index contributed by atoms with van der Waals surface area (Å²) in [5.41, 5.74) is 10.5. The van der Waals surface area contributed by atoms with Gasteiger partial charge in [0.15, 0.2) is 28.9 Å². The van der Waals surface area contributed by atoms with Crippen LogP contribution in [0.15, 0.2) is 26.1 Å². The lowest BCUT2D eigenvalue weighted by Gasteiger charge is -2.26. The molecule has 0 unspecified atom stereocenters. The Morgan fingerprint density at radius 1 is 1.00 bits per heavy atom. The minimum atomic E-state index is -1.50. The van der Waals surface area contributed by atoms with E-state index in [-0.39, 0.29) is 47.6 Å². The Labute approximate surface area is 221 Å². The van der Waals surface area contributed by atoms with Crippen molar-refractivity contribution in [1.82, 2.24) is 24.4 Å². The quantitative estimate of drug-likeness (QED) is 0.172. The number of guanidine groups is 1. The van der Waals surface area contributed by atoms with Crippen molar-refractivity contribution in [1.29, 1.82) is 0 Å². The van der Waals surface area contributed by atoms with Crippen molar-refractivity contribution in [2.45, 2.75) is 49.4 Å². The number of aliphatic imine (C=N–C) groups is 3. The number of aromatic nitrogens is 4. The second kappa shape index (κ2) is 10.4. The second-order valence-electron chi connectivity index (χ2n) is 8.94. The number of hydrogen-bond acceptors (Lipinski definition) is 15. The minimum absolute atomic E-state index is 0.0171. The number of amidine groups is 1. The standard InChI is InChI=1S/C10H11N5O6.C10H13N5O4/c11-9-13-6-3(7(19)14-9)12-10(20)15(6)8-5(18)4(17)2(1-16)21-8;11-10-13-8-7(9(18)14-10)12-3-15(8)6-1-4(17)5(2-16)19-6/h2,4-5,8,16-18H,1H2,(H2,11,14,19);3-6,16-17H,1-2H2,(H3,11,13,14,18)/t2-,4-,5-,8-;4-,5+,6+/m10/s1. The van der Waals surface area contributed by atoms with Crippen molar-refractivity contribution >= 4 is 46.6 Å². The van der Waals surface area contributed by atoms with Gasteiger partial charge < -0.3 is 46.5 Å². The number of aromatic amines is 1. The Morgan fingerprint density at radius 2 is 1.73 bits per heavy atom. The van der Waals surface area contributed by atoms with Crippen LogP contribution in [-0.4, -0.2) is 129 Å². The first-order valence-corrected chi connectivity index (χ1v) is 11.7. The molecule has 2 aromatic rings. The highest BCUT2D eigenvalue weighted by Gasteiger charge is 2.52. The second-order valence-corrected chi connectivity index (χ2v) is 8.94. The molecular formula is C20H24N10O10. The molecule has 0 aromatic carbocycles. The van der Waals surface area contributed by atoms with E-state index in [0.29, 0.717) is 0 Å². The van der Waals surface area contributed by atoms with E-state index in [1.165, 1.54) is 10.9 Å². The number of nitrogens with zero attached hydrogens (tertiary/aromatic N) is 7. The predicted octanol–water partition coefficient (Wildman–Crippen LogP) is -5.10. The lowest BCUT2D eigenvalue weighted by molar-refractivity contribution is -0.111. The van der Waals surface area contributed by atoms with Gasteiger partial charge in [-0.05, 0) is 0 Å². The molecule has 4 aliphatic rings. The fourth-order valence-electron chi connectivity index (χ4n) is 4.47. The molecule has 20 nitrogen and oxygen atoms in total. The minimum Gasteiger partial charge on any atom is -0.394 e. The number of rotatable bonds is 4. The van der Waals surface area contributed by atoms with Gasteiger partial charge in [0.2, 0.25) is 11.9 Å². The molecule has 4 aliphatic heterocycles. The lowest BCUT2D eigenvalue weighted by Crippen LogP contribution is -2.50. The number of urea groups is 1. The third-order valence-corrected chi connectivity index (χ3v) is 6.41. The van der Waals surface area contributed by atoms with E-state index >= 15 is 0 Å². The largest absolute Gasteiger partial charge is 0.394 e. The van der Waals surface area contributed by atoms with Gasteiger partial charge in [0.05, 0.1) is 25.6 Å². The number of nitrogens with one attached hydrogen (secondary N) is 1. The van der Waals surface area contributed by atoms with Crippen molar-refractivity contribution in [2.75, 3.05) is 18.9 Å². The summed E-state index contributed by atoms with van der Waals surface area (Å²) in [4.78, 5) is 56.9. The van der Waals surface area contributed by atoms with E-state index in [4.69, 9.17) is 31.2 Å². The molecule has 0 bridgehead atoms. The Morgan fingerprint density at radius 3 is 2.38 bits per heavy atom. The number of carbonyl (C=O) groups excluding carboxylic acids is 2. The summed E-state index contributed by atoms with van der Waals surface area (Å²) in [6, 6.07) is -0.906. The molecule has 6 heterocycles. The predicted molar refractivity (Wildman–Crippen MR) is 131 cm³/mol. The summed E-state index contributed by atoms with van der Waals surface area (Å²) in [5.74, 6) is -1.41. The summed E-state index contributed by atoms with van der Waals surface area (Å²) in [5, 5.41) is 47.4. The van der Waals surface area contributed by atoms with Crippen LogP contribution >= 0.6 is 0 Å². The Hall–Kier alpha value is -4.18. The maximum absolute atomic E-state index is 11.9. The van der Waals surface area contributed by atoms with Gasteiger partial charge in [-0.1, -0.05) is 0 Å². The number of carbonyl (C=O) groups is 2. The number of anilines is 1. The van der Waals surface area contributed by atoms with Gasteiger partial charge in [0, 0.05) is 6.42 Å².